The summed E-state index contributed by atoms with van der Waals surface area (Å²) in [5, 5.41) is 9.13. The Balaban J connectivity index is 1.95. The summed E-state index contributed by atoms with van der Waals surface area (Å²) in [6.45, 7) is 2.62. The second-order valence-corrected chi connectivity index (χ2v) is 4.68. The fourth-order valence-corrected chi connectivity index (χ4v) is 2.17. The Kier molecular flexibility index (Phi) is 3.52. The Morgan fingerprint density at radius 1 is 1.50 bits per heavy atom. The van der Waals surface area contributed by atoms with E-state index in [0.717, 1.165) is 12.0 Å². The highest BCUT2D eigenvalue weighted by Gasteiger charge is 2.40. The average Bonchev–Trinajstić information content (AvgIpc) is 2.80. The second kappa shape index (κ2) is 5.09. The van der Waals surface area contributed by atoms with Gasteiger partial charge in [0.2, 0.25) is 0 Å². The third kappa shape index (κ3) is 2.45. The van der Waals surface area contributed by atoms with Crippen molar-refractivity contribution in [2.75, 3.05) is 6.54 Å². The average molecular weight is 244 g/mol. The van der Waals surface area contributed by atoms with Gasteiger partial charge in [0.25, 0.3) is 0 Å². The van der Waals surface area contributed by atoms with Crippen molar-refractivity contribution < 1.29 is 9.53 Å². The number of nitrogens with zero attached hydrogens (tertiary/aromatic N) is 2. The molecular formula is C14H16N2O2. The van der Waals surface area contributed by atoms with E-state index in [1.807, 2.05) is 30.3 Å². The van der Waals surface area contributed by atoms with E-state index in [1.54, 1.807) is 6.92 Å². The summed E-state index contributed by atoms with van der Waals surface area (Å²) in [5.41, 5.74) is 0.233. The molecule has 4 heteroatoms. The molecule has 0 radical (unpaired) electrons. The van der Waals surface area contributed by atoms with E-state index in [-0.39, 0.29) is 6.61 Å². The molecule has 1 aliphatic rings. The van der Waals surface area contributed by atoms with Crippen LogP contribution in [0.5, 0.6) is 0 Å². The van der Waals surface area contributed by atoms with Crippen LogP contribution < -0.4 is 0 Å². The number of rotatable bonds is 2. The molecule has 0 aliphatic carbocycles. The number of ether oxygens (including phenoxy) is 1. The van der Waals surface area contributed by atoms with Crippen LogP contribution in [0.15, 0.2) is 30.3 Å². The standard InChI is InChI=1S/C14H16N2O2/c1-14(11-15)8-5-9-16(14)13(17)18-10-12-6-3-2-4-7-12/h2-4,6-7H,5,8-10H2,1H3/t14-/m1/s1. The van der Waals surface area contributed by atoms with E-state index in [9.17, 15) is 4.79 Å². The smallest absolute Gasteiger partial charge is 0.411 e. The molecule has 18 heavy (non-hydrogen) atoms. The summed E-state index contributed by atoms with van der Waals surface area (Å²) >= 11 is 0. The molecule has 0 N–H and O–H groups in total. The predicted octanol–water partition coefficient (Wildman–Crippen LogP) is 2.70. The molecule has 1 aromatic carbocycles. The third-order valence-corrected chi connectivity index (χ3v) is 3.31. The Hall–Kier alpha value is -2.02. The molecule has 1 heterocycles. The first-order chi connectivity index (χ1) is 8.65. The largest absolute Gasteiger partial charge is 0.445 e. The van der Waals surface area contributed by atoms with Gasteiger partial charge in [0.15, 0.2) is 0 Å². The first-order valence-corrected chi connectivity index (χ1v) is 6.05. The highest BCUT2D eigenvalue weighted by Crippen LogP contribution is 2.28. The summed E-state index contributed by atoms with van der Waals surface area (Å²) in [4.78, 5) is 13.5. The van der Waals surface area contributed by atoms with Crippen LogP contribution in [-0.4, -0.2) is 23.1 Å². The van der Waals surface area contributed by atoms with Gasteiger partial charge in [-0.3, -0.25) is 4.90 Å². The van der Waals surface area contributed by atoms with Crippen LogP contribution in [-0.2, 0) is 11.3 Å². The number of benzene rings is 1. The Morgan fingerprint density at radius 2 is 2.22 bits per heavy atom. The van der Waals surface area contributed by atoms with Crippen LogP contribution >= 0.6 is 0 Å². The quantitative estimate of drug-likeness (QED) is 0.803. The normalized spacial score (nSPS) is 22.6. The molecule has 0 bridgehead atoms. The van der Waals surface area contributed by atoms with Crippen molar-refractivity contribution in [3.05, 3.63) is 35.9 Å². The van der Waals surface area contributed by atoms with Gasteiger partial charge >= 0.3 is 6.09 Å². The lowest BCUT2D eigenvalue weighted by Crippen LogP contribution is -2.44. The van der Waals surface area contributed by atoms with Crippen LogP contribution in [0.1, 0.15) is 25.3 Å². The van der Waals surface area contributed by atoms with Crippen LogP contribution in [0.4, 0.5) is 4.79 Å². The Bertz CT molecular complexity index is 466. The van der Waals surface area contributed by atoms with Gasteiger partial charge in [-0.25, -0.2) is 4.79 Å². The van der Waals surface area contributed by atoms with Crippen LogP contribution in [0.25, 0.3) is 0 Å². The summed E-state index contributed by atoms with van der Waals surface area (Å²) in [6.07, 6.45) is 1.16. The number of hydrogen-bond donors (Lipinski definition) is 0. The minimum absolute atomic E-state index is 0.248. The monoisotopic (exact) mass is 244 g/mol. The summed E-state index contributed by atoms with van der Waals surface area (Å²) in [5.74, 6) is 0. The number of carbonyl (C=O) groups is 1. The molecule has 2 rings (SSSR count). The zero-order valence-corrected chi connectivity index (χ0v) is 10.4. The lowest BCUT2D eigenvalue weighted by atomic mass is 10.0. The van der Waals surface area contributed by atoms with Crippen LogP contribution in [0, 0.1) is 11.3 Å². The van der Waals surface area contributed by atoms with E-state index >= 15 is 0 Å². The summed E-state index contributed by atoms with van der Waals surface area (Å²) in [6, 6.07) is 11.7. The molecule has 0 aromatic heterocycles. The first kappa shape index (κ1) is 12.4. The molecular weight excluding hydrogens is 228 g/mol. The van der Waals surface area contributed by atoms with Gasteiger partial charge in [-0.15, -0.1) is 0 Å². The van der Waals surface area contributed by atoms with Crippen molar-refractivity contribution in [2.24, 2.45) is 0 Å². The van der Waals surface area contributed by atoms with Gasteiger partial charge < -0.3 is 4.74 Å². The van der Waals surface area contributed by atoms with E-state index in [2.05, 4.69) is 6.07 Å². The van der Waals surface area contributed by atoms with Gasteiger partial charge in [0.05, 0.1) is 6.07 Å². The van der Waals surface area contributed by atoms with Crippen LogP contribution in [0.3, 0.4) is 0 Å². The number of nitriles is 1. The van der Waals surface area contributed by atoms with Crippen LogP contribution in [0.2, 0.25) is 0 Å². The summed E-state index contributed by atoms with van der Waals surface area (Å²) < 4.78 is 5.25. The van der Waals surface area contributed by atoms with E-state index < -0.39 is 11.6 Å². The van der Waals surface area contributed by atoms with Gasteiger partial charge in [-0.05, 0) is 25.3 Å². The molecule has 1 fully saturated rings. The van der Waals surface area contributed by atoms with E-state index in [4.69, 9.17) is 10.00 Å². The maximum atomic E-state index is 11.9. The zero-order chi connectivity index (χ0) is 13.0. The predicted molar refractivity (Wildman–Crippen MR) is 66.6 cm³/mol. The highest BCUT2D eigenvalue weighted by molar-refractivity contribution is 5.69. The van der Waals surface area contributed by atoms with Crippen molar-refractivity contribution in [1.29, 1.82) is 5.26 Å². The summed E-state index contributed by atoms with van der Waals surface area (Å²) in [7, 11) is 0. The lowest BCUT2D eigenvalue weighted by Gasteiger charge is -2.27. The highest BCUT2D eigenvalue weighted by atomic mass is 16.6. The van der Waals surface area contributed by atoms with Crippen molar-refractivity contribution >= 4 is 6.09 Å². The van der Waals surface area contributed by atoms with Crippen molar-refractivity contribution in [1.82, 2.24) is 4.90 Å². The first-order valence-electron chi connectivity index (χ1n) is 6.05. The Labute approximate surface area is 107 Å². The molecule has 1 saturated heterocycles. The van der Waals surface area contributed by atoms with Gasteiger partial charge in [0.1, 0.15) is 12.1 Å². The maximum Gasteiger partial charge on any atom is 0.411 e. The fourth-order valence-electron chi connectivity index (χ4n) is 2.17. The molecule has 0 spiro atoms. The van der Waals surface area contributed by atoms with Crippen molar-refractivity contribution in [2.45, 2.75) is 31.9 Å². The fraction of sp³-hybridized carbons (Fsp3) is 0.429. The molecule has 94 valence electrons. The Morgan fingerprint density at radius 3 is 2.89 bits per heavy atom. The number of amides is 1. The van der Waals surface area contributed by atoms with Gasteiger partial charge in [0, 0.05) is 6.54 Å². The van der Waals surface area contributed by atoms with Gasteiger partial charge in [-0.1, -0.05) is 30.3 Å². The van der Waals surface area contributed by atoms with E-state index in [0.29, 0.717) is 13.0 Å². The number of hydrogen-bond acceptors (Lipinski definition) is 3. The minimum atomic E-state index is -0.715. The zero-order valence-electron chi connectivity index (χ0n) is 10.4. The number of carbonyl (C=O) groups excluding carboxylic acids is 1. The van der Waals surface area contributed by atoms with Crippen molar-refractivity contribution in [3.63, 3.8) is 0 Å². The van der Waals surface area contributed by atoms with E-state index in [1.165, 1.54) is 4.90 Å². The molecule has 1 aromatic rings. The van der Waals surface area contributed by atoms with Gasteiger partial charge in [-0.2, -0.15) is 5.26 Å². The lowest BCUT2D eigenvalue weighted by molar-refractivity contribution is 0.0833. The molecule has 1 aliphatic heterocycles. The SMILES string of the molecule is C[C@]1(C#N)CCCN1C(=O)OCc1ccccc1. The topological polar surface area (TPSA) is 53.3 Å². The maximum absolute atomic E-state index is 11.9. The third-order valence-electron chi connectivity index (χ3n) is 3.31. The molecule has 1 atom stereocenters. The molecule has 0 unspecified atom stereocenters. The molecule has 4 nitrogen and oxygen atoms in total. The number of likely N-dealkylation sites (tertiary alicyclic amines) is 1. The van der Waals surface area contributed by atoms with Crippen molar-refractivity contribution in [3.8, 4) is 6.07 Å². The molecule has 1 amide bonds. The molecule has 0 saturated carbocycles. The minimum Gasteiger partial charge on any atom is -0.445 e. The second-order valence-electron chi connectivity index (χ2n) is 4.68.